The van der Waals surface area contributed by atoms with Gasteiger partial charge in [-0.05, 0) is 44.4 Å². The van der Waals surface area contributed by atoms with Crippen LogP contribution in [-0.2, 0) is 16.1 Å². The number of fused-ring (bicyclic) bond motifs is 1. The molecular weight excluding hydrogens is 368 g/mol. The maximum atomic E-state index is 12.8. The fraction of sp³-hybridized carbons (Fsp3) is 0.619. The average Bonchev–Trinajstić information content (AvgIpc) is 3.15. The van der Waals surface area contributed by atoms with Crippen molar-refractivity contribution in [2.24, 2.45) is 5.92 Å². The standard InChI is InChI=1S/C21H30N6O2/c1-24-11-13-25(14-12-24)20(28)9-8-17-5-4-10-26(15-17)21(29)16-27-22-18-6-2-3-7-19(18)23-27/h2-3,6-7,17H,4-5,8-16H2,1H3. The van der Waals surface area contributed by atoms with E-state index in [-0.39, 0.29) is 18.4 Å². The molecule has 0 N–H and O–H groups in total. The van der Waals surface area contributed by atoms with Crippen molar-refractivity contribution in [3.8, 4) is 0 Å². The molecule has 1 unspecified atom stereocenters. The third-order valence-corrected chi connectivity index (χ3v) is 6.10. The zero-order valence-electron chi connectivity index (χ0n) is 17.2. The van der Waals surface area contributed by atoms with Gasteiger partial charge in [0.1, 0.15) is 17.6 Å². The lowest BCUT2D eigenvalue weighted by Gasteiger charge is -2.34. The molecule has 0 spiro atoms. The van der Waals surface area contributed by atoms with Gasteiger partial charge in [0, 0.05) is 45.7 Å². The molecule has 2 amide bonds. The van der Waals surface area contributed by atoms with Gasteiger partial charge in [-0.15, -0.1) is 0 Å². The minimum atomic E-state index is 0.0559. The number of aromatic nitrogens is 3. The molecule has 29 heavy (non-hydrogen) atoms. The number of likely N-dealkylation sites (tertiary alicyclic amines) is 1. The lowest BCUT2D eigenvalue weighted by molar-refractivity contribution is -0.134. The van der Waals surface area contributed by atoms with Crippen molar-refractivity contribution < 1.29 is 9.59 Å². The molecule has 4 rings (SSSR count). The number of hydrogen-bond donors (Lipinski definition) is 0. The van der Waals surface area contributed by atoms with Crippen LogP contribution < -0.4 is 0 Å². The van der Waals surface area contributed by atoms with Crippen LogP contribution in [-0.4, -0.2) is 87.8 Å². The molecule has 2 saturated heterocycles. The number of rotatable bonds is 5. The number of benzene rings is 1. The average molecular weight is 399 g/mol. The van der Waals surface area contributed by atoms with Gasteiger partial charge in [-0.3, -0.25) is 9.59 Å². The van der Waals surface area contributed by atoms with E-state index >= 15 is 0 Å². The number of likely N-dealkylation sites (N-methyl/N-ethyl adjacent to an activating group) is 1. The minimum absolute atomic E-state index is 0.0559. The van der Waals surface area contributed by atoms with E-state index in [9.17, 15) is 9.59 Å². The topological polar surface area (TPSA) is 74.6 Å². The predicted octanol–water partition coefficient (Wildman–Crippen LogP) is 1.22. The smallest absolute Gasteiger partial charge is 0.246 e. The molecule has 2 aromatic rings. The maximum Gasteiger partial charge on any atom is 0.246 e. The van der Waals surface area contributed by atoms with Crippen LogP contribution in [0.3, 0.4) is 0 Å². The summed E-state index contributed by atoms with van der Waals surface area (Å²) in [5.74, 6) is 0.711. The molecule has 0 saturated carbocycles. The third kappa shape index (κ3) is 4.93. The summed E-state index contributed by atoms with van der Waals surface area (Å²) in [5, 5.41) is 8.78. The molecule has 8 heteroatoms. The molecule has 2 aliphatic rings. The quantitative estimate of drug-likeness (QED) is 0.757. The lowest BCUT2D eigenvalue weighted by Crippen LogP contribution is -2.47. The van der Waals surface area contributed by atoms with Crippen LogP contribution >= 0.6 is 0 Å². The van der Waals surface area contributed by atoms with Crippen LogP contribution in [0.2, 0.25) is 0 Å². The van der Waals surface area contributed by atoms with E-state index in [1.165, 1.54) is 4.80 Å². The lowest BCUT2D eigenvalue weighted by atomic mass is 9.93. The maximum absolute atomic E-state index is 12.8. The van der Waals surface area contributed by atoms with Gasteiger partial charge in [0.15, 0.2) is 0 Å². The van der Waals surface area contributed by atoms with Gasteiger partial charge in [-0.2, -0.15) is 15.0 Å². The summed E-state index contributed by atoms with van der Waals surface area (Å²) in [7, 11) is 2.09. The van der Waals surface area contributed by atoms with E-state index in [1.807, 2.05) is 34.1 Å². The van der Waals surface area contributed by atoms with Crippen molar-refractivity contribution in [2.75, 3.05) is 46.3 Å². The first-order valence-corrected chi connectivity index (χ1v) is 10.6. The highest BCUT2D eigenvalue weighted by atomic mass is 16.2. The molecule has 2 aliphatic heterocycles. The van der Waals surface area contributed by atoms with Crippen LogP contribution in [0.25, 0.3) is 11.0 Å². The minimum Gasteiger partial charge on any atom is -0.341 e. The number of amides is 2. The highest BCUT2D eigenvalue weighted by Crippen LogP contribution is 2.22. The van der Waals surface area contributed by atoms with Gasteiger partial charge in [-0.25, -0.2) is 0 Å². The molecule has 2 fully saturated rings. The summed E-state index contributed by atoms with van der Waals surface area (Å²) < 4.78 is 0. The Morgan fingerprint density at radius 1 is 0.966 bits per heavy atom. The number of piperazine rings is 1. The Hall–Kier alpha value is -2.48. The van der Waals surface area contributed by atoms with E-state index < -0.39 is 0 Å². The highest BCUT2D eigenvalue weighted by molar-refractivity contribution is 5.77. The molecular formula is C21H30N6O2. The van der Waals surface area contributed by atoms with E-state index in [4.69, 9.17) is 0 Å². The summed E-state index contributed by atoms with van der Waals surface area (Å²) in [6.07, 6.45) is 3.53. The number of carbonyl (C=O) groups excluding carboxylic acids is 2. The number of carbonyl (C=O) groups is 2. The fourth-order valence-electron chi connectivity index (χ4n) is 4.26. The molecule has 156 valence electrons. The van der Waals surface area contributed by atoms with Gasteiger partial charge in [0.2, 0.25) is 11.8 Å². The van der Waals surface area contributed by atoms with E-state index in [1.54, 1.807) is 0 Å². The van der Waals surface area contributed by atoms with Crippen LogP contribution in [0, 0.1) is 5.92 Å². The van der Waals surface area contributed by atoms with E-state index in [2.05, 4.69) is 22.1 Å². The Kier molecular flexibility index (Phi) is 6.08. The first kappa shape index (κ1) is 19.8. The summed E-state index contributed by atoms with van der Waals surface area (Å²) in [6.45, 7) is 5.24. The summed E-state index contributed by atoms with van der Waals surface area (Å²) >= 11 is 0. The normalized spacial score (nSPS) is 20.9. The van der Waals surface area contributed by atoms with Crippen molar-refractivity contribution in [1.29, 1.82) is 0 Å². The van der Waals surface area contributed by atoms with Crippen molar-refractivity contribution in [2.45, 2.75) is 32.2 Å². The van der Waals surface area contributed by atoms with Gasteiger partial charge in [0.05, 0.1) is 0 Å². The van der Waals surface area contributed by atoms with Crippen molar-refractivity contribution in [3.05, 3.63) is 24.3 Å². The van der Waals surface area contributed by atoms with Crippen molar-refractivity contribution in [3.63, 3.8) is 0 Å². The van der Waals surface area contributed by atoms with Gasteiger partial charge in [0.25, 0.3) is 0 Å². The molecule has 0 radical (unpaired) electrons. The fourth-order valence-corrected chi connectivity index (χ4v) is 4.26. The van der Waals surface area contributed by atoms with Crippen molar-refractivity contribution in [1.82, 2.24) is 29.7 Å². The van der Waals surface area contributed by atoms with Crippen LogP contribution in [0.5, 0.6) is 0 Å². The van der Waals surface area contributed by atoms with Gasteiger partial charge >= 0.3 is 0 Å². The summed E-state index contributed by atoms with van der Waals surface area (Å²) in [4.78, 5) is 32.9. The second kappa shape index (κ2) is 8.90. The molecule has 0 bridgehead atoms. The summed E-state index contributed by atoms with van der Waals surface area (Å²) in [6, 6.07) is 7.64. The van der Waals surface area contributed by atoms with Gasteiger partial charge < -0.3 is 14.7 Å². The Bertz CT molecular complexity index is 825. The van der Waals surface area contributed by atoms with Gasteiger partial charge in [-0.1, -0.05) is 12.1 Å². The number of piperidine rings is 1. The highest BCUT2D eigenvalue weighted by Gasteiger charge is 2.26. The largest absolute Gasteiger partial charge is 0.341 e. The van der Waals surface area contributed by atoms with Crippen LogP contribution in [0.1, 0.15) is 25.7 Å². The van der Waals surface area contributed by atoms with Crippen LogP contribution in [0.15, 0.2) is 24.3 Å². The number of hydrogen-bond acceptors (Lipinski definition) is 5. The predicted molar refractivity (Wildman–Crippen MR) is 110 cm³/mol. The Morgan fingerprint density at radius 3 is 2.34 bits per heavy atom. The van der Waals surface area contributed by atoms with E-state index in [0.717, 1.165) is 69.6 Å². The summed E-state index contributed by atoms with van der Waals surface area (Å²) in [5.41, 5.74) is 1.61. The molecule has 1 atom stereocenters. The molecule has 8 nitrogen and oxygen atoms in total. The molecule has 1 aromatic carbocycles. The zero-order valence-corrected chi connectivity index (χ0v) is 17.2. The van der Waals surface area contributed by atoms with Crippen molar-refractivity contribution >= 4 is 22.8 Å². The zero-order chi connectivity index (χ0) is 20.2. The molecule has 1 aromatic heterocycles. The first-order chi connectivity index (χ1) is 14.1. The molecule has 3 heterocycles. The molecule has 0 aliphatic carbocycles. The van der Waals surface area contributed by atoms with Crippen LogP contribution in [0.4, 0.5) is 0 Å². The SMILES string of the molecule is CN1CCN(C(=O)CCC2CCCN(C(=O)Cn3nc4ccccc4n3)C2)CC1. The Labute approximate surface area is 171 Å². The monoisotopic (exact) mass is 398 g/mol. The third-order valence-electron chi connectivity index (χ3n) is 6.10. The Balaban J connectivity index is 1.26. The second-order valence-electron chi connectivity index (χ2n) is 8.29. The number of nitrogens with zero attached hydrogens (tertiary/aromatic N) is 6. The first-order valence-electron chi connectivity index (χ1n) is 10.6. The Morgan fingerprint density at radius 2 is 1.66 bits per heavy atom. The second-order valence-corrected chi connectivity index (χ2v) is 8.29. The van der Waals surface area contributed by atoms with E-state index in [0.29, 0.717) is 12.3 Å².